The summed E-state index contributed by atoms with van der Waals surface area (Å²) in [4.78, 5) is 1.37. The Hall–Kier alpha value is -2.23. The van der Waals surface area contributed by atoms with Crippen molar-refractivity contribution < 1.29 is 0 Å². The SMILES string of the molecule is CC.CCC1=C(C)C=CC(SN2CCCc3ccccc32)=CC1.Cc1ccccc1CC(C)N. The summed E-state index contributed by atoms with van der Waals surface area (Å²) in [6.45, 7) is 13.8. The summed E-state index contributed by atoms with van der Waals surface area (Å²) in [6.07, 6.45) is 12.6. The van der Waals surface area contributed by atoms with E-state index in [4.69, 9.17) is 5.73 Å². The molecule has 2 aromatic rings. The van der Waals surface area contributed by atoms with Crippen molar-refractivity contribution in [1.82, 2.24) is 0 Å². The van der Waals surface area contributed by atoms with Crippen LogP contribution < -0.4 is 10.0 Å². The minimum atomic E-state index is 0.260. The van der Waals surface area contributed by atoms with Gasteiger partial charge in [-0.1, -0.05) is 86.5 Å². The molecule has 1 heterocycles. The van der Waals surface area contributed by atoms with E-state index in [1.54, 1.807) is 5.57 Å². The molecule has 3 heteroatoms. The van der Waals surface area contributed by atoms with Crippen LogP contribution in [-0.2, 0) is 12.8 Å². The minimum absolute atomic E-state index is 0.260. The fourth-order valence-corrected chi connectivity index (χ4v) is 5.21. The third-order valence-corrected chi connectivity index (χ3v) is 7.23. The molecule has 0 amide bonds. The number of allylic oxidation sites excluding steroid dienone is 5. The third kappa shape index (κ3) is 8.52. The number of para-hydroxylation sites is 1. The zero-order valence-electron chi connectivity index (χ0n) is 22.1. The van der Waals surface area contributed by atoms with Crippen LogP contribution in [0.3, 0.4) is 0 Å². The van der Waals surface area contributed by atoms with Crippen molar-refractivity contribution in [2.24, 2.45) is 5.73 Å². The first kappa shape index (κ1) is 28.0. The second kappa shape index (κ2) is 14.9. The number of rotatable bonds is 5. The van der Waals surface area contributed by atoms with Gasteiger partial charge < -0.3 is 10.0 Å². The molecule has 0 saturated heterocycles. The van der Waals surface area contributed by atoms with Crippen LogP contribution in [0.2, 0.25) is 0 Å². The molecule has 2 aromatic carbocycles. The zero-order chi connectivity index (χ0) is 24.9. The number of benzene rings is 2. The summed E-state index contributed by atoms with van der Waals surface area (Å²) in [6, 6.07) is 17.5. The number of nitrogens with zero attached hydrogens (tertiary/aromatic N) is 1. The van der Waals surface area contributed by atoms with Crippen LogP contribution in [0.1, 0.15) is 70.6 Å². The van der Waals surface area contributed by atoms with Crippen molar-refractivity contribution in [3.63, 3.8) is 0 Å². The van der Waals surface area contributed by atoms with Crippen LogP contribution in [0, 0.1) is 6.92 Å². The largest absolute Gasteiger partial charge is 0.328 e. The molecule has 0 aromatic heterocycles. The standard InChI is InChI=1S/C19H23NS.C10H15N.C2H6/c1-3-16-11-13-18(12-10-15(16)2)21-20-14-6-8-17-7-4-5-9-19(17)20;1-8-5-3-4-6-10(8)7-9(2)11;1-2/h4-5,7,9-10,12-13H,3,6,8,11,14H2,1-2H3;3-6,9H,7,11H2,1-2H3;1-2H3. The number of nitrogens with two attached hydrogens (primary N) is 1. The normalized spacial score (nSPS) is 15.7. The molecule has 0 radical (unpaired) electrons. The average molecular weight is 477 g/mol. The average Bonchev–Trinajstić information content (AvgIpc) is 3.03. The van der Waals surface area contributed by atoms with Crippen molar-refractivity contribution in [3.8, 4) is 0 Å². The molecule has 0 fully saturated rings. The van der Waals surface area contributed by atoms with Crippen LogP contribution in [-0.4, -0.2) is 12.6 Å². The van der Waals surface area contributed by atoms with Gasteiger partial charge in [-0.3, -0.25) is 0 Å². The summed E-state index contributed by atoms with van der Waals surface area (Å²) in [7, 11) is 0. The molecule has 2 aliphatic rings. The zero-order valence-corrected chi connectivity index (χ0v) is 22.9. The first-order valence-electron chi connectivity index (χ1n) is 12.9. The van der Waals surface area contributed by atoms with Crippen molar-refractivity contribution in [1.29, 1.82) is 0 Å². The van der Waals surface area contributed by atoms with Gasteiger partial charge in [-0.2, -0.15) is 0 Å². The van der Waals surface area contributed by atoms with Crippen LogP contribution in [0.4, 0.5) is 5.69 Å². The Morgan fingerprint density at radius 2 is 1.71 bits per heavy atom. The van der Waals surface area contributed by atoms with E-state index < -0.39 is 0 Å². The van der Waals surface area contributed by atoms with Gasteiger partial charge in [0, 0.05) is 17.5 Å². The Kier molecular flexibility index (Phi) is 12.3. The van der Waals surface area contributed by atoms with E-state index in [0.717, 1.165) is 25.8 Å². The molecule has 34 heavy (non-hydrogen) atoms. The summed E-state index contributed by atoms with van der Waals surface area (Å²) in [5.74, 6) is 0. The Balaban J connectivity index is 0.000000266. The Morgan fingerprint density at radius 3 is 2.41 bits per heavy atom. The third-order valence-electron chi connectivity index (χ3n) is 6.12. The van der Waals surface area contributed by atoms with Gasteiger partial charge in [0.2, 0.25) is 0 Å². The summed E-state index contributed by atoms with van der Waals surface area (Å²) < 4.78 is 2.46. The topological polar surface area (TPSA) is 29.3 Å². The Morgan fingerprint density at radius 1 is 1.00 bits per heavy atom. The highest BCUT2D eigenvalue weighted by Crippen LogP contribution is 2.36. The highest BCUT2D eigenvalue weighted by Gasteiger charge is 2.18. The summed E-state index contributed by atoms with van der Waals surface area (Å²) in [5, 5.41) is 0. The lowest BCUT2D eigenvalue weighted by Gasteiger charge is -2.30. The number of fused-ring (bicyclic) bond motifs is 1. The Bertz CT molecular complexity index is 984. The summed E-state index contributed by atoms with van der Waals surface area (Å²) >= 11 is 1.89. The maximum atomic E-state index is 5.69. The molecule has 1 aliphatic carbocycles. The van der Waals surface area contributed by atoms with Gasteiger partial charge in [0.15, 0.2) is 0 Å². The van der Waals surface area contributed by atoms with E-state index in [2.05, 4.69) is 91.8 Å². The fourth-order valence-electron chi connectivity index (χ4n) is 4.18. The van der Waals surface area contributed by atoms with Crippen LogP contribution in [0.5, 0.6) is 0 Å². The molecule has 0 bridgehead atoms. The van der Waals surface area contributed by atoms with E-state index >= 15 is 0 Å². The highest BCUT2D eigenvalue weighted by molar-refractivity contribution is 8.04. The predicted octanol–water partition coefficient (Wildman–Crippen LogP) is 8.57. The lowest BCUT2D eigenvalue weighted by Crippen LogP contribution is -2.22. The molecule has 2 N–H and O–H groups in total. The second-order valence-electron chi connectivity index (χ2n) is 8.82. The van der Waals surface area contributed by atoms with Gasteiger partial charge >= 0.3 is 0 Å². The molecule has 184 valence electrons. The number of hydrogen-bond acceptors (Lipinski definition) is 3. The second-order valence-corrected chi connectivity index (χ2v) is 9.91. The molecule has 1 atom stereocenters. The van der Waals surface area contributed by atoms with Crippen LogP contribution in [0.25, 0.3) is 0 Å². The molecule has 0 saturated carbocycles. The van der Waals surface area contributed by atoms with Crippen molar-refractivity contribution in [2.45, 2.75) is 79.7 Å². The number of anilines is 1. The van der Waals surface area contributed by atoms with E-state index in [9.17, 15) is 0 Å². The molecule has 1 aliphatic heterocycles. The molecule has 1 unspecified atom stereocenters. The number of aryl methyl sites for hydroxylation is 2. The van der Waals surface area contributed by atoms with Crippen molar-refractivity contribution in [2.75, 3.05) is 10.8 Å². The van der Waals surface area contributed by atoms with Crippen LogP contribution in [0.15, 0.2) is 82.8 Å². The van der Waals surface area contributed by atoms with Gasteiger partial charge in [-0.05, 0) is 93.7 Å². The van der Waals surface area contributed by atoms with Crippen LogP contribution >= 0.6 is 11.9 Å². The monoisotopic (exact) mass is 476 g/mol. The highest BCUT2D eigenvalue weighted by atomic mass is 32.2. The van der Waals surface area contributed by atoms with Crippen molar-refractivity contribution >= 4 is 17.6 Å². The first-order chi connectivity index (χ1) is 16.5. The quantitative estimate of drug-likeness (QED) is 0.438. The number of hydrogen-bond donors (Lipinski definition) is 1. The van der Waals surface area contributed by atoms with Gasteiger partial charge in [0.1, 0.15) is 0 Å². The van der Waals surface area contributed by atoms with Gasteiger partial charge in [-0.25, -0.2) is 0 Å². The Labute approximate surface area is 213 Å². The molecule has 4 rings (SSSR count). The molecular weight excluding hydrogens is 432 g/mol. The molecular formula is C31H44N2S. The molecule has 2 nitrogen and oxygen atoms in total. The summed E-state index contributed by atoms with van der Waals surface area (Å²) in [5.41, 5.74) is 14.3. The van der Waals surface area contributed by atoms with E-state index in [1.165, 1.54) is 45.7 Å². The first-order valence-corrected chi connectivity index (χ1v) is 13.7. The van der Waals surface area contributed by atoms with E-state index in [-0.39, 0.29) is 6.04 Å². The van der Waals surface area contributed by atoms with Gasteiger partial charge in [0.05, 0.1) is 5.69 Å². The van der Waals surface area contributed by atoms with E-state index in [0.29, 0.717) is 0 Å². The maximum Gasteiger partial charge on any atom is 0.0505 e. The van der Waals surface area contributed by atoms with Crippen molar-refractivity contribution in [3.05, 3.63) is 99.5 Å². The smallest absolute Gasteiger partial charge is 0.0505 e. The van der Waals surface area contributed by atoms with E-state index in [1.807, 2.05) is 32.7 Å². The molecule has 0 spiro atoms. The predicted molar refractivity (Wildman–Crippen MR) is 154 cm³/mol. The maximum absolute atomic E-state index is 5.69. The fraction of sp³-hybridized carbons (Fsp3) is 0.419. The van der Waals surface area contributed by atoms with Gasteiger partial charge in [0.25, 0.3) is 0 Å². The lowest BCUT2D eigenvalue weighted by molar-refractivity contribution is 0.735. The van der Waals surface area contributed by atoms with Gasteiger partial charge in [-0.15, -0.1) is 0 Å². The lowest BCUT2D eigenvalue weighted by atomic mass is 10.0. The minimum Gasteiger partial charge on any atom is -0.328 e.